The summed E-state index contributed by atoms with van der Waals surface area (Å²) in [6.45, 7) is 4.77. The van der Waals surface area contributed by atoms with Crippen LogP contribution in [0.25, 0.3) is 11.5 Å². The van der Waals surface area contributed by atoms with E-state index in [-0.39, 0.29) is 0 Å². The molecule has 1 aliphatic heterocycles. The Morgan fingerprint density at radius 1 is 0.933 bits per heavy atom. The van der Waals surface area contributed by atoms with Gasteiger partial charge in [0.2, 0.25) is 11.6 Å². The number of anilines is 1. The second-order valence-electron chi connectivity index (χ2n) is 7.16. The van der Waals surface area contributed by atoms with Crippen LogP contribution >= 0.6 is 0 Å². The molecule has 1 fully saturated rings. The summed E-state index contributed by atoms with van der Waals surface area (Å²) in [7, 11) is 4.74. The lowest BCUT2D eigenvalue weighted by atomic mass is 10.2. The first-order valence-electron chi connectivity index (χ1n) is 9.98. The molecule has 1 N–H and O–H groups in total. The Balaban J connectivity index is 1.43. The summed E-state index contributed by atoms with van der Waals surface area (Å²) in [6.07, 6.45) is 0. The van der Waals surface area contributed by atoms with Crippen LogP contribution in [0.4, 0.5) is 5.69 Å². The van der Waals surface area contributed by atoms with E-state index in [9.17, 15) is 0 Å². The lowest BCUT2D eigenvalue weighted by molar-refractivity contribution is -0.915. The van der Waals surface area contributed by atoms with Gasteiger partial charge in [-0.15, -0.1) is 10.2 Å². The van der Waals surface area contributed by atoms with Crippen LogP contribution in [0.3, 0.4) is 0 Å². The van der Waals surface area contributed by atoms with Crippen LogP contribution in [0, 0.1) is 0 Å². The van der Waals surface area contributed by atoms with Crippen LogP contribution in [0.5, 0.6) is 17.2 Å². The number of nitrogens with one attached hydrogen (secondary N) is 1. The molecule has 0 spiro atoms. The minimum absolute atomic E-state index is 0.437. The Morgan fingerprint density at radius 3 is 2.20 bits per heavy atom. The number of aromatic nitrogens is 2. The minimum Gasteiger partial charge on any atom is -0.493 e. The van der Waals surface area contributed by atoms with Gasteiger partial charge in [-0.2, -0.15) is 0 Å². The Kier molecular flexibility index (Phi) is 6.04. The molecule has 1 saturated heterocycles. The Labute approximate surface area is 176 Å². The number of ether oxygens (including phenoxy) is 3. The number of quaternary nitrogens is 1. The highest BCUT2D eigenvalue weighted by Gasteiger charge is 2.23. The molecule has 30 heavy (non-hydrogen) atoms. The molecule has 0 amide bonds. The van der Waals surface area contributed by atoms with Crippen molar-refractivity contribution in [3.05, 3.63) is 48.4 Å². The van der Waals surface area contributed by atoms with Crippen molar-refractivity contribution in [3.63, 3.8) is 0 Å². The first kappa shape index (κ1) is 20.0. The van der Waals surface area contributed by atoms with Crippen molar-refractivity contribution in [1.29, 1.82) is 0 Å². The third kappa shape index (κ3) is 4.18. The number of benzene rings is 2. The molecule has 1 aliphatic rings. The zero-order chi connectivity index (χ0) is 20.9. The molecule has 8 heteroatoms. The van der Waals surface area contributed by atoms with Gasteiger partial charge < -0.3 is 28.4 Å². The van der Waals surface area contributed by atoms with Crippen molar-refractivity contribution >= 4 is 5.69 Å². The molecule has 0 aliphatic carbocycles. The van der Waals surface area contributed by atoms with Gasteiger partial charge in [-0.05, 0) is 24.3 Å². The third-order valence-corrected chi connectivity index (χ3v) is 5.37. The number of piperazine rings is 1. The average molecular weight is 411 g/mol. The van der Waals surface area contributed by atoms with Crippen LogP contribution in [-0.2, 0) is 6.54 Å². The van der Waals surface area contributed by atoms with E-state index >= 15 is 0 Å². The molecule has 3 aromatic rings. The molecule has 1 aromatic heterocycles. The van der Waals surface area contributed by atoms with Gasteiger partial charge in [-0.3, -0.25) is 0 Å². The second kappa shape index (κ2) is 9.04. The predicted octanol–water partition coefficient (Wildman–Crippen LogP) is 1.67. The SMILES string of the molecule is COc1cc(-c2nnc(C[NH+]3CCN(c4ccccc4)CC3)o2)cc(OC)c1OC. The summed E-state index contributed by atoms with van der Waals surface area (Å²) in [5.74, 6) is 2.70. The quantitative estimate of drug-likeness (QED) is 0.634. The molecule has 0 unspecified atom stereocenters. The zero-order valence-corrected chi connectivity index (χ0v) is 17.6. The number of para-hydroxylation sites is 1. The summed E-state index contributed by atoms with van der Waals surface area (Å²) < 4.78 is 22.1. The van der Waals surface area contributed by atoms with Crippen molar-refractivity contribution in [2.45, 2.75) is 6.54 Å². The first-order chi connectivity index (χ1) is 14.7. The van der Waals surface area contributed by atoms with Gasteiger partial charge in [0.05, 0.1) is 47.5 Å². The van der Waals surface area contributed by atoms with Crippen molar-refractivity contribution in [2.24, 2.45) is 0 Å². The smallest absolute Gasteiger partial charge is 0.271 e. The zero-order valence-electron chi connectivity index (χ0n) is 17.6. The Morgan fingerprint density at radius 2 is 1.60 bits per heavy atom. The van der Waals surface area contributed by atoms with Gasteiger partial charge in [-0.1, -0.05) is 18.2 Å². The van der Waals surface area contributed by atoms with Gasteiger partial charge in [0.25, 0.3) is 5.89 Å². The summed E-state index contributed by atoms with van der Waals surface area (Å²) in [6, 6.07) is 14.1. The van der Waals surface area contributed by atoms with E-state index in [0.717, 1.165) is 31.7 Å². The molecule has 2 aromatic carbocycles. The second-order valence-corrected chi connectivity index (χ2v) is 7.16. The van der Waals surface area contributed by atoms with Crippen LogP contribution < -0.4 is 24.0 Å². The first-order valence-corrected chi connectivity index (χ1v) is 9.98. The average Bonchev–Trinajstić information content (AvgIpc) is 3.27. The third-order valence-electron chi connectivity index (χ3n) is 5.37. The Bertz CT molecular complexity index is 943. The molecule has 0 atom stereocenters. The van der Waals surface area contributed by atoms with Crippen molar-refractivity contribution < 1.29 is 23.5 Å². The lowest BCUT2D eigenvalue weighted by Crippen LogP contribution is -3.13. The predicted molar refractivity (Wildman–Crippen MR) is 112 cm³/mol. The summed E-state index contributed by atoms with van der Waals surface area (Å²) in [5, 5.41) is 8.48. The van der Waals surface area contributed by atoms with Crippen LogP contribution in [0.1, 0.15) is 5.89 Å². The lowest BCUT2D eigenvalue weighted by Gasteiger charge is -2.33. The maximum atomic E-state index is 5.95. The number of hydrogen-bond acceptors (Lipinski definition) is 7. The molecular weight excluding hydrogens is 384 g/mol. The molecular formula is C22H27N4O4+. The van der Waals surface area contributed by atoms with Crippen LogP contribution in [0.2, 0.25) is 0 Å². The van der Waals surface area contributed by atoms with E-state index in [0.29, 0.717) is 35.6 Å². The van der Waals surface area contributed by atoms with Gasteiger partial charge in [0.1, 0.15) is 0 Å². The van der Waals surface area contributed by atoms with E-state index in [1.165, 1.54) is 10.6 Å². The summed E-state index contributed by atoms with van der Waals surface area (Å²) in [5.41, 5.74) is 2.01. The van der Waals surface area contributed by atoms with E-state index < -0.39 is 0 Å². The number of nitrogens with zero attached hydrogens (tertiary/aromatic N) is 3. The van der Waals surface area contributed by atoms with Gasteiger partial charge >= 0.3 is 0 Å². The molecule has 0 saturated carbocycles. The van der Waals surface area contributed by atoms with Gasteiger partial charge in [-0.25, -0.2) is 0 Å². The van der Waals surface area contributed by atoms with E-state index in [1.807, 2.05) is 18.2 Å². The summed E-state index contributed by atoms with van der Waals surface area (Å²) >= 11 is 0. The van der Waals surface area contributed by atoms with Crippen LogP contribution in [-0.4, -0.2) is 57.7 Å². The topological polar surface area (TPSA) is 74.3 Å². The Hall–Kier alpha value is -3.26. The van der Waals surface area contributed by atoms with Crippen LogP contribution in [0.15, 0.2) is 46.9 Å². The normalized spacial score (nSPS) is 14.6. The maximum absolute atomic E-state index is 5.95. The van der Waals surface area contributed by atoms with Crippen molar-refractivity contribution in [2.75, 3.05) is 52.4 Å². The molecule has 0 radical (unpaired) electrons. The van der Waals surface area contributed by atoms with Gasteiger partial charge in [0, 0.05) is 11.3 Å². The van der Waals surface area contributed by atoms with Crippen molar-refractivity contribution in [1.82, 2.24) is 10.2 Å². The summed E-state index contributed by atoms with van der Waals surface area (Å²) in [4.78, 5) is 3.85. The highest BCUT2D eigenvalue weighted by Crippen LogP contribution is 2.40. The highest BCUT2D eigenvalue weighted by atomic mass is 16.5. The van der Waals surface area contributed by atoms with Crippen molar-refractivity contribution in [3.8, 4) is 28.7 Å². The standard InChI is InChI=1S/C22H26N4O4/c1-27-18-13-16(14-19(28-2)21(18)29-3)22-24-23-20(30-22)15-25-9-11-26(12-10-25)17-7-5-4-6-8-17/h4-8,13-14H,9-12,15H2,1-3H3/p+1. The largest absolute Gasteiger partial charge is 0.493 e. The monoisotopic (exact) mass is 411 g/mol. The molecule has 158 valence electrons. The van der Waals surface area contributed by atoms with Gasteiger partial charge in [0.15, 0.2) is 18.0 Å². The number of methoxy groups -OCH3 is 3. The highest BCUT2D eigenvalue weighted by molar-refractivity contribution is 5.65. The fraction of sp³-hybridized carbons (Fsp3) is 0.364. The van der Waals surface area contributed by atoms with E-state index in [2.05, 4.69) is 39.4 Å². The number of rotatable bonds is 7. The minimum atomic E-state index is 0.437. The number of hydrogen-bond donors (Lipinski definition) is 1. The fourth-order valence-corrected chi connectivity index (χ4v) is 3.76. The molecule has 4 rings (SSSR count). The maximum Gasteiger partial charge on any atom is 0.271 e. The molecule has 0 bridgehead atoms. The molecule has 8 nitrogen and oxygen atoms in total. The van der Waals surface area contributed by atoms with E-state index in [4.69, 9.17) is 18.6 Å². The molecule has 2 heterocycles. The fourth-order valence-electron chi connectivity index (χ4n) is 3.76. The van der Waals surface area contributed by atoms with E-state index in [1.54, 1.807) is 21.3 Å².